The van der Waals surface area contributed by atoms with Crippen LogP contribution in [0.2, 0.25) is 0 Å². The molecule has 0 saturated carbocycles. The Bertz CT molecular complexity index is 449. The van der Waals surface area contributed by atoms with E-state index in [4.69, 9.17) is 5.11 Å². The van der Waals surface area contributed by atoms with E-state index >= 15 is 0 Å². The molecule has 20 heavy (non-hydrogen) atoms. The Hall–Kier alpha value is -1.57. The third-order valence-corrected chi connectivity index (χ3v) is 2.40. The molecule has 0 bridgehead atoms. The van der Waals surface area contributed by atoms with Crippen molar-refractivity contribution in [1.29, 1.82) is 0 Å². The Morgan fingerprint density at radius 1 is 1.20 bits per heavy atom. The zero-order valence-electron chi connectivity index (χ0n) is 11.7. The molecular weight excluding hydrogens is 273 g/mol. The van der Waals surface area contributed by atoms with E-state index in [1.54, 1.807) is 13.8 Å². The number of hydrogen-bond acceptors (Lipinski definition) is 5. The van der Waals surface area contributed by atoms with Crippen molar-refractivity contribution in [2.45, 2.75) is 38.9 Å². The van der Waals surface area contributed by atoms with E-state index in [1.165, 1.54) is 6.07 Å². The Morgan fingerprint density at radius 3 is 2.30 bits per heavy atom. The molecule has 5 nitrogen and oxygen atoms in total. The molecule has 1 aromatic heterocycles. The average molecular weight is 292 g/mol. The highest BCUT2D eigenvalue weighted by molar-refractivity contribution is 5.49. The van der Waals surface area contributed by atoms with Gasteiger partial charge in [-0.2, -0.15) is 13.2 Å². The van der Waals surface area contributed by atoms with Gasteiger partial charge in [-0.25, -0.2) is 9.97 Å². The quantitative estimate of drug-likeness (QED) is 0.751. The fourth-order valence-corrected chi connectivity index (χ4v) is 1.37. The Kier molecular flexibility index (Phi) is 5.15. The summed E-state index contributed by atoms with van der Waals surface area (Å²) in [6.45, 7) is 5.48. The van der Waals surface area contributed by atoms with Gasteiger partial charge in [0.25, 0.3) is 0 Å². The van der Waals surface area contributed by atoms with Gasteiger partial charge in [0.1, 0.15) is 11.6 Å². The van der Waals surface area contributed by atoms with Crippen LogP contribution in [-0.4, -0.2) is 33.8 Å². The first kappa shape index (κ1) is 16.5. The largest absolute Gasteiger partial charge is 0.451 e. The van der Waals surface area contributed by atoms with Crippen LogP contribution in [0.3, 0.4) is 0 Å². The van der Waals surface area contributed by atoms with Gasteiger partial charge in [0.2, 0.25) is 5.82 Å². The van der Waals surface area contributed by atoms with Gasteiger partial charge in [-0.1, -0.05) is 6.92 Å². The normalized spacial score (nSPS) is 12.3. The molecule has 3 N–H and O–H groups in total. The summed E-state index contributed by atoms with van der Waals surface area (Å²) < 4.78 is 38.3. The lowest BCUT2D eigenvalue weighted by Crippen LogP contribution is -2.35. The average Bonchev–Trinajstić information content (AvgIpc) is 2.34. The number of nitrogens with one attached hydrogen (secondary N) is 2. The van der Waals surface area contributed by atoms with Crippen LogP contribution in [0.1, 0.15) is 33.0 Å². The standard InChI is InChI=1S/C12H19F3N4O/c1-4-5-16-8-6-9(19-11(2,3)7-20)18-10(17-8)12(13,14)15/h6,20H,4-5,7H2,1-3H3,(H2,16,17,18,19). The minimum atomic E-state index is -4.62. The Morgan fingerprint density at radius 2 is 1.80 bits per heavy atom. The second kappa shape index (κ2) is 6.25. The first-order chi connectivity index (χ1) is 9.18. The molecule has 0 aliphatic heterocycles. The van der Waals surface area contributed by atoms with Crippen LogP contribution in [0.4, 0.5) is 24.8 Å². The van der Waals surface area contributed by atoms with Crippen molar-refractivity contribution in [2.75, 3.05) is 23.8 Å². The minimum Gasteiger partial charge on any atom is -0.394 e. The fourth-order valence-electron chi connectivity index (χ4n) is 1.37. The van der Waals surface area contributed by atoms with Crippen LogP contribution in [0.25, 0.3) is 0 Å². The number of nitrogens with zero attached hydrogens (tertiary/aromatic N) is 2. The molecule has 0 aliphatic carbocycles. The van der Waals surface area contributed by atoms with Gasteiger partial charge in [-0.05, 0) is 20.3 Å². The zero-order valence-corrected chi connectivity index (χ0v) is 11.7. The molecule has 0 radical (unpaired) electrons. The molecule has 0 spiro atoms. The lowest BCUT2D eigenvalue weighted by Gasteiger charge is -2.24. The number of anilines is 2. The predicted molar refractivity (Wildman–Crippen MR) is 70.6 cm³/mol. The van der Waals surface area contributed by atoms with Crippen LogP contribution < -0.4 is 10.6 Å². The molecule has 1 aromatic rings. The van der Waals surface area contributed by atoms with Gasteiger partial charge in [0, 0.05) is 12.6 Å². The van der Waals surface area contributed by atoms with Gasteiger partial charge in [0.15, 0.2) is 0 Å². The van der Waals surface area contributed by atoms with Crippen molar-refractivity contribution in [1.82, 2.24) is 9.97 Å². The molecule has 0 atom stereocenters. The number of aliphatic hydroxyl groups excluding tert-OH is 1. The van der Waals surface area contributed by atoms with Crippen LogP contribution in [0.15, 0.2) is 6.07 Å². The van der Waals surface area contributed by atoms with Crippen LogP contribution >= 0.6 is 0 Å². The van der Waals surface area contributed by atoms with Crippen molar-refractivity contribution < 1.29 is 18.3 Å². The number of aromatic nitrogens is 2. The number of alkyl halides is 3. The van der Waals surface area contributed by atoms with E-state index in [-0.39, 0.29) is 18.2 Å². The van der Waals surface area contributed by atoms with Gasteiger partial charge in [-0.3, -0.25) is 0 Å². The molecular formula is C12H19F3N4O. The second-order valence-electron chi connectivity index (χ2n) is 5.05. The highest BCUT2D eigenvalue weighted by Gasteiger charge is 2.35. The second-order valence-corrected chi connectivity index (χ2v) is 5.05. The molecule has 8 heteroatoms. The van der Waals surface area contributed by atoms with Crippen molar-refractivity contribution >= 4 is 11.6 Å². The molecule has 0 aromatic carbocycles. The zero-order chi connectivity index (χ0) is 15.4. The molecule has 0 aliphatic rings. The molecule has 114 valence electrons. The fraction of sp³-hybridized carbons (Fsp3) is 0.667. The molecule has 1 heterocycles. The van der Waals surface area contributed by atoms with Crippen LogP contribution in [0, 0.1) is 0 Å². The third-order valence-electron chi connectivity index (χ3n) is 2.40. The summed E-state index contributed by atoms with van der Waals surface area (Å²) in [5, 5.41) is 14.7. The summed E-state index contributed by atoms with van der Waals surface area (Å²) in [6, 6.07) is 1.39. The molecule has 1 rings (SSSR count). The summed E-state index contributed by atoms with van der Waals surface area (Å²) in [7, 11) is 0. The summed E-state index contributed by atoms with van der Waals surface area (Å²) in [5.74, 6) is -1.09. The van der Waals surface area contributed by atoms with Crippen molar-refractivity contribution in [3.05, 3.63) is 11.9 Å². The first-order valence-electron chi connectivity index (χ1n) is 6.27. The molecule has 0 unspecified atom stereocenters. The summed E-state index contributed by atoms with van der Waals surface area (Å²) in [5.41, 5.74) is -0.779. The van der Waals surface area contributed by atoms with E-state index in [2.05, 4.69) is 20.6 Å². The van der Waals surface area contributed by atoms with E-state index in [0.717, 1.165) is 6.42 Å². The third kappa shape index (κ3) is 4.84. The maximum absolute atomic E-state index is 12.8. The Balaban J connectivity index is 3.10. The van der Waals surface area contributed by atoms with Gasteiger partial charge >= 0.3 is 6.18 Å². The van der Waals surface area contributed by atoms with Gasteiger partial charge in [-0.15, -0.1) is 0 Å². The SMILES string of the molecule is CCCNc1cc(NC(C)(C)CO)nc(C(F)(F)F)n1. The minimum absolute atomic E-state index is 0.0185. The van der Waals surface area contributed by atoms with Crippen molar-refractivity contribution in [2.24, 2.45) is 0 Å². The topological polar surface area (TPSA) is 70.1 Å². The number of aliphatic hydroxyl groups is 1. The monoisotopic (exact) mass is 292 g/mol. The number of hydrogen-bond donors (Lipinski definition) is 3. The Labute approximate surface area is 115 Å². The van der Waals surface area contributed by atoms with E-state index in [9.17, 15) is 13.2 Å². The van der Waals surface area contributed by atoms with Crippen LogP contribution in [0.5, 0.6) is 0 Å². The van der Waals surface area contributed by atoms with E-state index < -0.39 is 17.5 Å². The van der Waals surface area contributed by atoms with Crippen molar-refractivity contribution in [3.63, 3.8) is 0 Å². The lowest BCUT2D eigenvalue weighted by molar-refractivity contribution is -0.144. The smallest absolute Gasteiger partial charge is 0.394 e. The van der Waals surface area contributed by atoms with Crippen LogP contribution in [-0.2, 0) is 6.18 Å². The van der Waals surface area contributed by atoms with Crippen molar-refractivity contribution in [3.8, 4) is 0 Å². The lowest BCUT2D eigenvalue weighted by atomic mass is 10.1. The van der Waals surface area contributed by atoms with E-state index in [0.29, 0.717) is 6.54 Å². The van der Waals surface area contributed by atoms with E-state index in [1.807, 2.05) is 6.92 Å². The first-order valence-corrected chi connectivity index (χ1v) is 6.27. The highest BCUT2D eigenvalue weighted by Crippen LogP contribution is 2.29. The molecule has 0 fully saturated rings. The van der Waals surface area contributed by atoms with Gasteiger partial charge in [0.05, 0.1) is 12.1 Å². The summed E-state index contributed by atoms with van der Waals surface area (Å²) >= 11 is 0. The number of halogens is 3. The number of rotatable bonds is 6. The predicted octanol–water partition coefficient (Wildman–Crippen LogP) is 2.50. The summed E-state index contributed by atoms with van der Waals surface area (Å²) in [6.07, 6.45) is -3.86. The summed E-state index contributed by atoms with van der Waals surface area (Å²) in [4.78, 5) is 6.90. The maximum Gasteiger partial charge on any atom is 0.451 e. The highest BCUT2D eigenvalue weighted by atomic mass is 19.4. The van der Waals surface area contributed by atoms with Gasteiger partial charge < -0.3 is 15.7 Å². The maximum atomic E-state index is 12.8. The molecule has 0 saturated heterocycles. The molecule has 0 amide bonds.